The van der Waals surface area contributed by atoms with Gasteiger partial charge in [-0.2, -0.15) is 0 Å². The van der Waals surface area contributed by atoms with E-state index in [1.165, 1.54) is 0 Å². The van der Waals surface area contributed by atoms with Gasteiger partial charge in [-0.15, -0.1) is 0 Å². The molecule has 0 aliphatic rings. The lowest BCUT2D eigenvalue weighted by Gasteiger charge is -1.94. The number of hydrogen-bond donors (Lipinski definition) is 0. The summed E-state index contributed by atoms with van der Waals surface area (Å²) in [7, 11) is 0. The van der Waals surface area contributed by atoms with E-state index in [9.17, 15) is 4.79 Å². The SMILES string of the molecule is CC(=O)Cc1ccc(-c2cccnc2)o1. The lowest BCUT2D eigenvalue weighted by Crippen LogP contribution is -1.93. The fourth-order valence-corrected chi connectivity index (χ4v) is 1.38. The van der Waals surface area contributed by atoms with E-state index < -0.39 is 0 Å². The highest BCUT2D eigenvalue weighted by Crippen LogP contribution is 2.21. The summed E-state index contributed by atoms with van der Waals surface area (Å²) in [5, 5.41) is 0. The molecule has 0 unspecified atom stereocenters. The summed E-state index contributed by atoms with van der Waals surface area (Å²) >= 11 is 0. The fraction of sp³-hybridized carbons (Fsp3) is 0.167. The number of nitrogens with zero attached hydrogens (tertiary/aromatic N) is 1. The number of pyridine rings is 1. The molecule has 3 heteroatoms. The molecule has 0 saturated heterocycles. The Bertz CT molecular complexity index is 459. The summed E-state index contributed by atoms with van der Waals surface area (Å²) in [6.45, 7) is 1.55. The smallest absolute Gasteiger partial charge is 0.137 e. The molecule has 76 valence electrons. The summed E-state index contributed by atoms with van der Waals surface area (Å²) in [4.78, 5) is 14.9. The molecule has 0 radical (unpaired) electrons. The van der Waals surface area contributed by atoms with E-state index in [0.717, 1.165) is 11.3 Å². The molecular formula is C12H11NO2. The van der Waals surface area contributed by atoms with E-state index in [0.29, 0.717) is 12.2 Å². The minimum absolute atomic E-state index is 0.0992. The Morgan fingerprint density at radius 3 is 2.93 bits per heavy atom. The number of carbonyl (C=O) groups is 1. The Balaban J connectivity index is 2.24. The molecule has 0 N–H and O–H groups in total. The van der Waals surface area contributed by atoms with E-state index in [-0.39, 0.29) is 5.78 Å². The van der Waals surface area contributed by atoms with Crippen LogP contribution in [0.5, 0.6) is 0 Å². The Kier molecular flexibility index (Phi) is 2.63. The van der Waals surface area contributed by atoms with E-state index in [2.05, 4.69) is 4.98 Å². The number of rotatable bonds is 3. The molecule has 0 fully saturated rings. The van der Waals surface area contributed by atoms with Crippen LogP contribution < -0.4 is 0 Å². The van der Waals surface area contributed by atoms with Crippen molar-refractivity contribution < 1.29 is 9.21 Å². The van der Waals surface area contributed by atoms with Crippen LogP contribution in [0.2, 0.25) is 0 Å². The van der Waals surface area contributed by atoms with Crippen molar-refractivity contribution in [2.24, 2.45) is 0 Å². The van der Waals surface area contributed by atoms with Crippen LogP contribution in [0, 0.1) is 0 Å². The Morgan fingerprint density at radius 1 is 1.40 bits per heavy atom. The van der Waals surface area contributed by atoms with Gasteiger partial charge in [-0.3, -0.25) is 9.78 Å². The van der Waals surface area contributed by atoms with Crippen LogP contribution in [0.25, 0.3) is 11.3 Å². The molecule has 0 bridgehead atoms. The van der Waals surface area contributed by atoms with Crippen molar-refractivity contribution in [3.8, 4) is 11.3 Å². The van der Waals surface area contributed by atoms with Gasteiger partial charge in [0.25, 0.3) is 0 Å². The van der Waals surface area contributed by atoms with Crippen LogP contribution in [-0.4, -0.2) is 10.8 Å². The molecule has 15 heavy (non-hydrogen) atoms. The van der Waals surface area contributed by atoms with Gasteiger partial charge in [-0.25, -0.2) is 0 Å². The number of ketones is 1. The normalized spacial score (nSPS) is 10.2. The minimum atomic E-state index is 0.0992. The zero-order chi connectivity index (χ0) is 10.7. The van der Waals surface area contributed by atoms with Gasteiger partial charge in [0.2, 0.25) is 0 Å². The molecule has 0 aliphatic heterocycles. The topological polar surface area (TPSA) is 43.1 Å². The van der Waals surface area contributed by atoms with Crippen molar-refractivity contribution in [2.45, 2.75) is 13.3 Å². The van der Waals surface area contributed by atoms with Gasteiger partial charge in [0, 0.05) is 18.0 Å². The lowest BCUT2D eigenvalue weighted by atomic mass is 10.2. The average Bonchev–Trinajstić information content (AvgIpc) is 2.67. The zero-order valence-electron chi connectivity index (χ0n) is 8.43. The summed E-state index contributed by atoms with van der Waals surface area (Å²) in [6, 6.07) is 7.45. The second kappa shape index (κ2) is 4.09. The van der Waals surface area contributed by atoms with E-state index >= 15 is 0 Å². The third-order valence-electron chi connectivity index (χ3n) is 2.03. The molecule has 0 aliphatic carbocycles. The summed E-state index contributed by atoms with van der Waals surface area (Å²) in [5.74, 6) is 1.54. The van der Waals surface area contributed by atoms with Crippen molar-refractivity contribution in [3.63, 3.8) is 0 Å². The Morgan fingerprint density at radius 2 is 2.27 bits per heavy atom. The van der Waals surface area contributed by atoms with Crippen LogP contribution in [0.4, 0.5) is 0 Å². The molecule has 2 rings (SSSR count). The molecular weight excluding hydrogens is 190 g/mol. The van der Waals surface area contributed by atoms with Crippen LogP contribution in [0.1, 0.15) is 12.7 Å². The largest absolute Gasteiger partial charge is 0.461 e. The molecule has 3 nitrogen and oxygen atoms in total. The van der Waals surface area contributed by atoms with Crippen LogP contribution in [-0.2, 0) is 11.2 Å². The monoisotopic (exact) mass is 201 g/mol. The number of aromatic nitrogens is 1. The maximum atomic E-state index is 10.9. The zero-order valence-corrected chi connectivity index (χ0v) is 8.43. The second-order valence-electron chi connectivity index (χ2n) is 3.39. The Labute approximate surface area is 87.8 Å². The van der Waals surface area contributed by atoms with Crippen molar-refractivity contribution in [1.29, 1.82) is 0 Å². The first-order valence-corrected chi connectivity index (χ1v) is 4.74. The molecule has 2 aromatic heterocycles. The van der Waals surface area contributed by atoms with Crippen molar-refractivity contribution >= 4 is 5.78 Å². The second-order valence-corrected chi connectivity index (χ2v) is 3.39. The van der Waals surface area contributed by atoms with Gasteiger partial charge in [-0.05, 0) is 31.2 Å². The van der Waals surface area contributed by atoms with Gasteiger partial charge in [-0.1, -0.05) is 0 Å². The molecule has 0 saturated carbocycles. The highest BCUT2D eigenvalue weighted by Gasteiger charge is 2.05. The molecule has 2 aromatic rings. The number of carbonyl (C=O) groups excluding carboxylic acids is 1. The first-order valence-electron chi connectivity index (χ1n) is 4.74. The Hall–Kier alpha value is -1.90. The van der Waals surface area contributed by atoms with Gasteiger partial charge in [0.1, 0.15) is 17.3 Å². The third-order valence-corrected chi connectivity index (χ3v) is 2.03. The predicted molar refractivity (Wildman–Crippen MR) is 56.3 cm³/mol. The van der Waals surface area contributed by atoms with Crippen molar-refractivity contribution in [2.75, 3.05) is 0 Å². The van der Waals surface area contributed by atoms with Gasteiger partial charge in [0.05, 0.1) is 6.42 Å². The number of furan rings is 1. The van der Waals surface area contributed by atoms with E-state index in [1.54, 1.807) is 19.3 Å². The first-order chi connectivity index (χ1) is 7.25. The van der Waals surface area contributed by atoms with Crippen LogP contribution in [0.3, 0.4) is 0 Å². The highest BCUT2D eigenvalue weighted by atomic mass is 16.3. The van der Waals surface area contributed by atoms with Crippen molar-refractivity contribution in [3.05, 3.63) is 42.4 Å². The quantitative estimate of drug-likeness (QED) is 0.766. The fourth-order valence-electron chi connectivity index (χ4n) is 1.38. The standard InChI is InChI=1S/C12H11NO2/c1-9(14)7-11-4-5-12(15-11)10-3-2-6-13-8-10/h2-6,8H,7H2,1H3. The summed E-state index contributed by atoms with van der Waals surface area (Å²) in [6.07, 6.45) is 3.79. The number of Topliss-reactive ketones (excluding diaryl/α,β-unsaturated/α-hetero) is 1. The molecule has 2 heterocycles. The van der Waals surface area contributed by atoms with E-state index in [4.69, 9.17) is 4.42 Å². The minimum Gasteiger partial charge on any atom is -0.461 e. The van der Waals surface area contributed by atoms with Crippen LogP contribution >= 0.6 is 0 Å². The maximum absolute atomic E-state index is 10.9. The average molecular weight is 201 g/mol. The van der Waals surface area contributed by atoms with Gasteiger partial charge in [0.15, 0.2) is 0 Å². The van der Waals surface area contributed by atoms with Crippen LogP contribution in [0.15, 0.2) is 41.1 Å². The van der Waals surface area contributed by atoms with Gasteiger partial charge < -0.3 is 4.42 Å². The summed E-state index contributed by atoms with van der Waals surface area (Å²) in [5.41, 5.74) is 0.923. The van der Waals surface area contributed by atoms with E-state index in [1.807, 2.05) is 24.3 Å². The number of hydrogen-bond acceptors (Lipinski definition) is 3. The lowest BCUT2D eigenvalue weighted by molar-refractivity contribution is -0.116. The molecule has 0 atom stereocenters. The van der Waals surface area contributed by atoms with Crippen molar-refractivity contribution in [1.82, 2.24) is 4.98 Å². The molecule has 0 spiro atoms. The molecule has 0 aromatic carbocycles. The maximum Gasteiger partial charge on any atom is 0.137 e. The third kappa shape index (κ3) is 2.31. The van der Waals surface area contributed by atoms with Gasteiger partial charge >= 0.3 is 0 Å². The molecule has 0 amide bonds. The highest BCUT2D eigenvalue weighted by molar-refractivity contribution is 5.77. The summed E-state index contributed by atoms with van der Waals surface area (Å²) < 4.78 is 5.52. The predicted octanol–water partition coefficient (Wildman–Crippen LogP) is 2.47. The first kappa shape index (κ1) is 9.65.